The minimum atomic E-state index is -1.77. The zero-order valence-electron chi connectivity index (χ0n) is 8.00. The summed E-state index contributed by atoms with van der Waals surface area (Å²) in [6.07, 6.45) is -2.94. The molecular weight excluding hydrogens is 160 g/mol. The van der Waals surface area contributed by atoms with E-state index >= 15 is 0 Å². The van der Waals surface area contributed by atoms with Crippen molar-refractivity contribution in [2.24, 2.45) is 0 Å². The molecule has 1 aromatic rings. The summed E-state index contributed by atoms with van der Waals surface area (Å²) in [6.45, 7) is 0. The molecule has 0 unspecified atom stereocenters. The number of halogens is 1. The highest BCUT2D eigenvalue weighted by molar-refractivity contribution is 6.17. The molecule has 2 heteroatoms. The number of hydrogen-bond acceptors (Lipinski definition) is 1. The summed E-state index contributed by atoms with van der Waals surface area (Å²) in [5.41, 5.74) is 0.549. The zero-order chi connectivity index (χ0) is 9.90. The number of hydrogen-bond donors (Lipinski definition) is 1. The van der Waals surface area contributed by atoms with Crippen molar-refractivity contribution in [2.75, 3.05) is 5.88 Å². The first kappa shape index (κ1) is 6.04. The van der Waals surface area contributed by atoms with Crippen LogP contribution in [0.1, 0.15) is 20.8 Å². The quantitative estimate of drug-likeness (QED) is 0.694. The summed E-state index contributed by atoms with van der Waals surface area (Å²) < 4.78 is 14.8. The molecule has 0 heterocycles. The van der Waals surface area contributed by atoms with E-state index in [-0.39, 0.29) is 5.88 Å². The highest BCUT2D eigenvalue weighted by atomic mass is 35.5. The lowest BCUT2D eigenvalue weighted by Crippen LogP contribution is -1.96. The van der Waals surface area contributed by atoms with Gasteiger partial charge in [-0.2, -0.15) is 0 Å². The summed E-state index contributed by atoms with van der Waals surface area (Å²) in [4.78, 5) is 0. The third kappa shape index (κ3) is 2.52. The van der Waals surface area contributed by atoms with E-state index in [1.165, 1.54) is 0 Å². The summed E-state index contributed by atoms with van der Waals surface area (Å²) in [7, 11) is 0. The Hall–Kier alpha value is -0.530. The predicted molar refractivity (Wildman–Crippen MR) is 46.7 cm³/mol. The van der Waals surface area contributed by atoms with Gasteiger partial charge in [0.25, 0.3) is 0 Å². The van der Waals surface area contributed by atoms with E-state index in [1.54, 1.807) is 24.3 Å². The van der Waals surface area contributed by atoms with E-state index in [0.29, 0.717) is 5.56 Å². The van der Waals surface area contributed by atoms with Gasteiger partial charge in [0.1, 0.15) is 0 Å². The molecule has 0 bridgehead atoms. The fraction of sp³-hybridized carbons (Fsp3) is 0.333. The molecule has 0 saturated carbocycles. The molecule has 0 amide bonds. The Morgan fingerprint density at radius 2 is 2.09 bits per heavy atom. The summed E-state index contributed by atoms with van der Waals surface area (Å²) in [5, 5.41) is 9.59. The lowest BCUT2D eigenvalue weighted by molar-refractivity contribution is 0.174. The minimum absolute atomic E-state index is 0.219. The van der Waals surface area contributed by atoms with Gasteiger partial charge in [0.15, 0.2) is 0 Å². The van der Waals surface area contributed by atoms with Crippen molar-refractivity contribution in [3.05, 3.63) is 35.9 Å². The van der Waals surface area contributed by atoms with Crippen molar-refractivity contribution >= 4 is 11.6 Å². The maximum Gasteiger partial charge on any atom is 0.0801 e. The molecular formula is C9H11ClO. The molecule has 0 radical (unpaired) electrons. The molecule has 60 valence electrons. The van der Waals surface area contributed by atoms with Crippen LogP contribution in [0.15, 0.2) is 30.3 Å². The lowest BCUT2D eigenvalue weighted by atomic mass is 10.1. The first-order chi connectivity index (χ1) is 6.08. The smallest absolute Gasteiger partial charge is 0.0801 e. The third-order valence-electron chi connectivity index (χ3n) is 1.39. The Kier molecular flexibility index (Phi) is 2.40. The van der Waals surface area contributed by atoms with Gasteiger partial charge in [-0.15, -0.1) is 11.6 Å². The SMILES string of the molecule is [2H]C([2H])(CCl)[C@H](O)c1ccccc1. The molecule has 1 N–H and O–H groups in total. The van der Waals surface area contributed by atoms with Crippen molar-refractivity contribution in [3.8, 4) is 0 Å². The van der Waals surface area contributed by atoms with E-state index in [0.717, 1.165) is 0 Å². The van der Waals surface area contributed by atoms with Crippen LogP contribution in [0, 0.1) is 0 Å². The Morgan fingerprint density at radius 1 is 1.45 bits per heavy atom. The van der Waals surface area contributed by atoms with Crippen LogP contribution in [0.4, 0.5) is 0 Å². The fourth-order valence-electron chi connectivity index (χ4n) is 0.826. The maximum absolute atomic E-state index is 9.59. The van der Waals surface area contributed by atoms with E-state index in [1.807, 2.05) is 6.07 Å². The lowest BCUT2D eigenvalue weighted by Gasteiger charge is -2.07. The van der Waals surface area contributed by atoms with Crippen molar-refractivity contribution < 1.29 is 7.85 Å². The van der Waals surface area contributed by atoms with Crippen LogP contribution in [-0.2, 0) is 0 Å². The number of rotatable bonds is 3. The molecule has 0 aliphatic rings. The van der Waals surface area contributed by atoms with Crippen LogP contribution in [-0.4, -0.2) is 11.0 Å². The van der Waals surface area contributed by atoms with Gasteiger partial charge < -0.3 is 5.11 Å². The predicted octanol–water partition coefficient (Wildman–Crippen LogP) is 2.35. The van der Waals surface area contributed by atoms with Crippen molar-refractivity contribution in [1.29, 1.82) is 0 Å². The number of aliphatic hydroxyl groups is 1. The van der Waals surface area contributed by atoms with Gasteiger partial charge in [-0.1, -0.05) is 30.3 Å². The third-order valence-corrected chi connectivity index (χ3v) is 1.54. The summed E-state index contributed by atoms with van der Waals surface area (Å²) in [6, 6.07) is 8.67. The zero-order valence-corrected chi connectivity index (χ0v) is 6.75. The largest absolute Gasteiger partial charge is 0.388 e. The molecule has 0 spiro atoms. The standard InChI is InChI=1S/C9H11ClO/c10-7-6-9(11)8-4-2-1-3-5-8/h1-5,9,11H,6-7H2/t9-/m0/s1/i6D2. The molecule has 0 fully saturated rings. The van der Waals surface area contributed by atoms with Gasteiger partial charge in [0.05, 0.1) is 6.10 Å². The second-order valence-electron chi connectivity index (χ2n) is 2.15. The van der Waals surface area contributed by atoms with Gasteiger partial charge in [0.2, 0.25) is 0 Å². The monoisotopic (exact) mass is 172 g/mol. The average Bonchev–Trinajstić information content (AvgIpc) is 2.18. The first-order valence-corrected chi connectivity index (χ1v) is 3.90. The van der Waals surface area contributed by atoms with Crippen molar-refractivity contribution in [3.63, 3.8) is 0 Å². The molecule has 0 aliphatic carbocycles. The highest BCUT2D eigenvalue weighted by Crippen LogP contribution is 2.15. The normalized spacial score (nSPS) is 16.9. The molecule has 0 aliphatic heterocycles. The minimum Gasteiger partial charge on any atom is -0.388 e. The van der Waals surface area contributed by atoms with Crippen LogP contribution >= 0.6 is 11.6 Å². The Morgan fingerprint density at radius 3 is 2.64 bits per heavy atom. The molecule has 1 atom stereocenters. The first-order valence-electron chi connectivity index (χ1n) is 4.37. The molecule has 1 nitrogen and oxygen atoms in total. The molecule has 0 aromatic heterocycles. The van der Waals surface area contributed by atoms with Gasteiger partial charge in [-0.3, -0.25) is 0 Å². The topological polar surface area (TPSA) is 20.2 Å². The molecule has 1 rings (SSSR count). The molecule has 0 saturated heterocycles. The van der Waals surface area contributed by atoms with E-state index in [4.69, 9.17) is 14.3 Å². The Balaban J connectivity index is 2.85. The Labute approximate surface area is 74.4 Å². The fourth-order valence-corrected chi connectivity index (χ4v) is 0.972. The van der Waals surface area contributed by atoms with Gasteiger partial charge in [-0.25, -0.2) is 0 Å². The maximum atomic E-state index is 9.59. The van der Waals surface area contributed by atoms with E-state index in [2.05, 4.69) is 0 Å². The summed E-state index contributed by atoms with van der Waals surface area (Å²) in [5.74, 6) is -0.219. The van der Waals surface area contributed by atoms with Crippen LogP contribution in [0.25, 0.3) is 0 Å². The Bertz CT molecular complexity index is 264. The second-order valence-corrected chi connectivity index (χ2v) is 2.42. The van der Waals surface area contributed by atoms with Gasteiger partial charge >= 0.3 is 0 Å². The highest BCUT2D eigenvalue weighted by Gasteiger charge is 2.03. The average molecular weight is 173 g/mol. The second kappa shape index (κ2) is 4.37. The van der Waals surface area contributed by atoms with Crippen molar-refractivity contribution in [1.82, 2.24) is 0 Å². The van der Waals surface area contributed by atoms with E-state index in [9.17, 15) is 5.11 Å². The summed E-state index contributed by atoms with van der Waals surface area (Å²) >= 11 is 5.40. The van der Waals surface area contributed by atoms with Crippen LogP contribution < -0.4 is 0 Å². The number of benzene rings is 1. The van der Waals surface area contributed by atoms with E-state index < -0.39 is 12.5 Å². The van der Waals surface area contributed by atoms with Gasteiger partial charge in [0, 0.05) is 8.62 Å². The molecule has 1 aromatic carbocycles. The number of aliphatic hydroxyl groups excluding tert-OH is 1. The molecule has 11 heavy (non-hydrogen) atoms. The van der Waals surface area contributed by atoms with Crippen LogP contribution in [0.5, 0.6) is 0 Å². The van der Waals surface area contributed by atoms with Crippen LogP contribution in [0.3, 0.4) is 0 Å². The van der Waals surface area contributed by atoms with Gasteiger partial charge in [-0.05, 0) is 11.9 Å². The number of alkyl halides is 1. The van der Waals surface area contributed by atoms with Crippen LogP contribution in [0.2, 0.25) is 0 Å². The van der Waals surface area contributed by atoms with Crippen molar-refractivity contribution in [2.45, 2.75) is 12.5 Å².